The summed E-state index contributed by atoms with van der Waals surface area (Å²) in [5.74, 6) is 0. The van der Waals surface area contributed by atoms with Crippen LogP contribution in [0.15, 0.2) is 206 Å². The van der Waals surface area contributed by atoms with Crippen molar-refractivity contribution < 1.29 is 0 Å². The quantitative estimate of drug-likeness (QED) is 0.147. The zero-order valence-electron chi connectivity index (χ0n) is 39.6. The summed E-state index contributed by atoms with van der Waals surface area (Å²) in [6, 6.07) is 76.7. The van der Waals surface area contributed by atoms with Gasteiger partial charge in [-0.05, 0) is 107 Å². The molecule has 0 atom stereocenters. The molecule has 9 aromatic rings. The second-order valence-electron chi connectivity index (χ2n) is 20.7. The smallest absolute Gasteiger partial charge is 0.0543 e. The number of nitrogens with zero attached hydrogens (tertiary/aromatic N) is 1. The van der Waals surface area contributed by atoms with E-state index in [1.807, 2.05) is 0 Å². The molecule has 1 heteroatoms. The molecule has 0 aliphatic rings. The Morgan fingerprint density at radius 3 is 1.34 bits per heavy atom. The monoisotopic (exact) mass is 843 g/mol. The van der Waals surface area contributed by atoms with Crippen LogP contribution < -0.4 is 4.90 Å². The van der Waals surface area contributed by atoms with E-state index in [1.165, 1.54) is 72.0 Å². The molecule has 65 heavy (non-hydrogen) atoms. The van der Waals surface area contributed by atoms with Crippen molar-refractivity contribution in [1.29, 1.82) is 0 Å². The number of benzene rings is 9. The van der Waals surface area contributed by atoms with Gasteiger partial charge < -0.3 is 4.90 Å². The van der Waals surface area contributed by atoms with Crippen LogP contribution in [0.25, 0.3) is 66.4 Å². The first-order chi connectivity index (χ1) is 31.1. The minimum absolute atomic E-state index is 0.0128. The molecule has 0 N–H and O–H groups in total. The second kappa shape index (κ2) is 17.2. The van der Waals surface area contributed by atoms with E-state index in [2.05, 4.69) is 273 Å². The van der Waals surface area contributed by atoms with E-state index in [0.29, 0.717) is 0 Å². The second-order valence-corrected chi connectivity index (χ2v) is 20.7. The maximum absolute atomic E-state index is 2.56. The molecule has 1 nitrogen and oxygen atoms in total. The molecular formula is C64H61N. The average Bonchev–Trinajstić information content (AvgIpc) is 3.31. The summed E-state index contributed by atoms with van der Waals surface area (Å²) in [7, 11) is 0. The summed E-state index contributed by atoms with van der Waals surface area (Å²) in [6.45, 7) is 20.9. The molecule has 9 aromatic carbocycles. The number of para-hydroxylation sites is 1. The van der Waals surface area contributed by atoms with Gasteiger partial charge in [-0.1, -0.05) is 244 Å². The van der Waals surface area contributed by atoms with Gasteiger partial charge in [0.15, 0.2) is 0 Å². The molecule has 0 aromatic heterocycles. The van der Waals surface area contributed by atoms with Gasteiger partial charge >= 0.3 is 0 Å². The Morgan fingerprint density at radius 1 is 0.262 bits per heavy atom. The Balaban J connectivity index is 1.39. The Bertz CT molecular complexity index is 3080. The average molecular weight is 844 g/mol. The Kier molecular flexibility index (Phi) is 11.5. The van der Waals surface area contributed by atoms with Crippen molar-refractivity contribution in [2.75, 3.05) is 4.90 Å². The van der Waals surface area contributed by atoms with Crippen molar-refractivity contribution in [3.05, 3.63) is 223 Å². The van der Waals surface area contributed by atoms with E-state index in [-0.39, 0.29) is 16.2 Å². The Hall–Kier alpha value is -6.96. The van der Waals surface area contributed by atoms with Gasteiger partial charge in [-0.3, -0.25) is 0 Å². The van der Waals surface area contributed by atoms with E-state index < -0.39 is 0 Å². The largest absolute Gasteiger partial charge is 0.309 e. The zero-order chi connectivity index (χ0) is 45.5. The summed E-state index contributed by atoms with van der Waals surface area (Å²) in [5, 5.41) is 2.47. The van der Waals surface area contributed by atoms with Gasteiger partial charge in [0.2, 0.25) is 0 Å². The van der Waals surface area contributed by atoms with Gasteiger partial charge in [-0.2, -0.15) is 0 Å². The molecular weight excluding hydrogens is 783 g/mol. The van der Waals surface area contributed by atoms with Crippen molar-refractivity contribution in [3.8, 4) is 55.6 Å². The summed E-state index contributed by atoms with van der Waals surface area (Å²) in [4.78, 5) is 2.56. The van der Waals surface area contributed by atoms with Crippen LogP contribution in [0.5, 0.6) is 0 Å². The highest BCUT2D eigenvalue weighted by atomic mass is 15.2. The molecule has 0 unspecified atom stereocenters. The summed E-state index contributed by atoms with van der Waals surface area (Å²) < 4.78 is 0. The van der Waals surface area contributed by atoms with Crippen LogP contribution in [0.2, 0.25) is 0 Å². The molecule has 0 bridgehead atoms. The fourth-order valence-corrected chi connectivity index (χ4v) is 9.18. The van der Waals surface area contributed by atoms with Crippen LogP contribution in [-0.4, -0.2) is 0 Å². The first-order valence-corrected chi connectivity index (χ1v) is 23.2. The highest BCUT2D eigenvalue weighted by Gasteiger charge is 2.28. The normalized spacial score (nSPS) is 12.1. The maximum Gasteiger partial charge on any atom is 0.0543 e. The van der Waals surface area contributed by atoms with Gasteiger partial charge in [0.1, 0.15) is 0 Å². The molecule has 0 heterocycles. The Labute approximate surface area is 388 Å². The predicted molar refractivity (Wildman–Crippen MR) is 282 cm³/mol. The molecule has 9 rings (SSSR count). The topological polar surface area (TPSA) is 3.24 Å². The van der Waals surface area contributed by atoms with Crippen LogP contribution in [0.1, 0.15) is 79.0 Å². The molecule has 0 saturated heterocycles. The number of anilines is 3. The molecule has 0 radical (unpaired) electrons. The van der Waals surface area contributed by atoms with Gasteiger partial charge in [0.05, 0.1) is 17.1 Å². The fraction of sp³-hybridized carbons (Fsp3) is 0.188. The van der Waals surface area contributed by atoms with Crippen LogP contribution in [0.4, 0.5) is 17.1 Å². The highest BCUT2D eigenvalue weighted by Crippen LogP contribution is 2.51. The summed E-state index contributed by atoms with van der Waals surface area (Å²) >= 11 is 0. The number of hydrogen-bond donors (Lipinski definition) is 0. The first-order valence-electron chi connectivity index (χ1n) is 23.2. The molecule has 0 amide bonds. The Morgan fingerprint density at radius 2 is 0.754 bits per heavy atom. The third kappa shape index (κ3) is 8.81. The predicted octanol–water partition coefficient (Wildman–Crippen LogP) is 18.5. The van der Waals surface area contributed by atoms with Gasteiger partial charge in [-0.25, -0.2) is 0 Å². The standard InChI is InChI=1S/C64H61N/c1-62(2,3)50-36-37-53(45-25-15-11-16-26-45)60(43-50)65(59-38-35-48(44-23-13-10-14-24-44)41-57(59)46-27-17-12-18-28-46)58-34-20-19-31-55(58)56-33-22-30-47-29-21-32-54(61(47)56)49-39-51(63(4,5)6)42-52(40-49)64(7,8)9/h10-43H,1-9H3. The lowest BCUT2D eigenvalue weighted by molar-refractivity contribution is 0.569. The lowest BCUT2D eigenvalue weighted by Crippen LogP contribution is -2.17. The van der Waals surface area contributed by atoms with Gasteiger partial charge in [-0.15, -0.1) is 0 Å². The summed E-state index contributed by atoms with van der Waals surface area (Å²) in [5.41, 5.74) is 19.1. The van der Waals surface area contributed by atoms with Crippen molar-refractivity contribution in [1.82, 2.24) is 0 Å². The highest BCUT2D eigenvalue weighted by molar-refractivity contribution is 6.10. The van der Waals surface area contributed by atoms with Crippen molar-refractivity contribution in [2.45, 2.75) is 78.6 Å². The lowest BCUT2D eigenvalue weighted by atomic mass is 9.78. The van der Waals surface area contributed by atoms with E-state index in [1.54, 1.807) is 0 Å². The minimum atomic E-state index is -0.0907. The van der Waals surface area contributed by atoms with E-state index in [0.717, 1.165) is 28.2 Å². The number of hydrogen-bond acceptors (Lipinski definition) is 1. The number of fused-ring (bicyclic) bond motifs is 1. The van der Waals surface area contributed by atoms with E-state index in [4.69, 9.17) is 0 Å². The van der Waals surface area contributed by atoms with Gasteiger partial charge in [0.25, 0.3) is 0 Å². The van der Waals surface area contributed by atoms with E-state index in [9.17, 15) is 0 Å². The van der Waals surface area contributed by atoms with Crippen molar-refractivity contribution >= 4 is 27.8 Å². The third-order valence-corrected chi connectivity index (χ3v) is 12.9. The van der Waals surface area contributed by atoms with Crippen LogP contribution in [0, 0.1) is 0 Å². The minimum Gasteiger partial charge on any atom is -0.309 e. The molecule has 0 spiro atoms. The molecule has 0 aliphatic carbocycles. The first kappa shape index (κ1) is 43.3. The van der Waals surface area contributed by atoms with Crippen molar-refractivity contribution in [2.24, 2.45) is 0 Å². The van der Waals surface area contributed by atoms with E-state index >= 15 is 0 Å². The maximum atomic E-state index is 2.56. The zero-order valence-corrected chi connectivity index (χ0v) is 39.6. The molecule has 0 aliphatic heterocycles. The molecule has 0 fully saturated rings. The number of rotatable bonds is 8. The lowest BCUT2D eigenvalue weighted by Gasteiger charge is -2.33. The third-order valence-electron chi connectivity index (χ3n) is 12.9. The molecule has 0 saturated carbocycles. The van der Waals surface area contributed by atoms with Crippen molar-refractivity contribution in [3.63, 3.8) is 0 Å². The van der Waals surface area contributed by atoms with Crippen LogP contribution in [0.3, 0.4) is 0 Å². The SMILES string of the molecule is CC(C)(C)c1cc(-c2cccc3cccc(-c4ccccc4N(c4ccc(-c5ccccc5)cc4-c4ccccc4)c4cc(C(C)(C)C)ccc4-c4ccccc4)c23)cc(C(C)(C)C)c1. The van der Waals surface area contributed by atoms with Crippen LogP contribution in [-0.2, 0) is 16.2 Å². The fourth-order valence-electron chi connectivity index (χ4n) is 9.18. The van der Waals surface area contributed by atoms with Crippen LogP contribution >= 0.6 is 0 Å². The molecule has 322 valence electrons. The van der Waals surface area contributed by atoms with Gasteiger partial charge in [0, 0.05) is 16.7 Å². The summed E-state index contributed by atoms with van der Waals surface area (Å²) in [6.07, 6.45) is 0.